The number of hydrogen-bond acceptors (Lipinski definition) is 3. The number of carbonyl (C=O) groups is 1. The van der Waals surface area contributed by atoms with E-state index >= 15 is 0 Å². The fourth-order valence-corrected chi connectivity index (χ4v) is 2.34. The zero-order valence-electron chi connectivity index (χ0n) is 7.76. The number of nitrogens with zero attached hydrogens (tertiary/aromatic N) is 1. The number of nitrogens with one attached hydrogen (secondary N) is 1. The molecule has 1 N–H and O–H groups in total. The summed E-state index contributed by atoms with van der Waals surface area (Å²) in [6.45, 7) is 4.91. The molecule has 13 heavy (non-hydrogen) atoms. The molecule has 0 saturated carbocycles. The van der Waals surface area contributed by atoms with E-state index in [1.807, 2.05) is 0 Å². The van der Waals surface area contributed by atoms with Crippen molar-refractivity contribution < 1.29 is 4.79 Å². The van der Waals surface area contributed by atoms with E-state index in [0.717, 1.165) is 10.7 Å². The first kappa shape index (κ1) is 8.69. The van der Waals surface area contributed by atoms with Gasteiger partial charge in [-0.15, -0.1) is 11.3 Å². The maximum absolute atomic E-state index is 11.1. The average molecular weight is 196 g/mol. The third-order valence-corrected chi connectivity index (χ3v) is 3.46. The van der Waals surface area contributed by atoms with Crippen LogP contribution in [0.2, 0.25) is 0 Å². The first-order valence-corrected chi connectivity index (χ1v) is 5.23. The molecule has 1 aromatic heterocycles. The van der Waals surface area contributed by atoms with Gasteiger partial charge >= 0.3 is 0 Å². The van der Waals surface area contributed by atoms with Gasteiger partial charge in [0.05, 0.1) is 23.7 Å². The number of rotatable bonds is 1. The van der Waals surface area contributed by atoms with Crippen molar-refractivity contribution in [1.82, 2.24) is 10.3 Å². The minimum Gasteiger partial charge on any atom is -0.351 e. The Morgan fingerprint density at radius 2 is 2.31 bits per heavy atom. The van der Waals surface area contributed by atoms with E-state index in [0.29, 0.717) is 18.9 Å². The Kier molecular flexibility index (Phi) is 2.07. The topological polar surface area (TPSA) is 42.0 Å². The Morgan fingerprint density at radius 3 is 3.00 bits per heavy atom. The molecule has 1 aliphatic rings. The van der Waals surface area contributed by atoms with E-state index in [1.165, 1.54) is 4.88 Å². The van der Waals surface area contributed by atoms with Gasteiger partial charge in [0, 0.05) is 10.8 Å². The predicted molar refractivity (Wildman–Crippen MR) is 51.8 cm³/mol. The molecule has 0 spiro atoms. The van der Waals surface area contributed by atoms with Crippen molar-refractivity contribution in [2.24, 2.45) is 0 Å². The van der Waals surface area contributed by atoms with Crippen LogP contribution < -0.4 is 5.32 Å². The van der Waals surface area contributed by atoms with Gasteiger partial charge in [-0.05, 0) is 0 Å². The highest BCUT2D eigenvalue weighted by molar-refractivity contribution is 7.11. The third kappa shape index (κ3) is 1.58. The van der Waals surface area contributed by atoms with Gasteiger partial charge in [-0.3, -0.25) is 4.79 Å². The minimum absolute atomic E-state index is 0.0908. The summed E-state index contributed by atoms with van der Waals surface area (Å²) >= 11 is 1.72. The third-order valence-electron chi connectivity index (χ3n) is 2.06. The van der Waals surface area contributed by atoms with E-state index in [-0.39, 0.29) is 5.91 Å². The zero-order chi connectivity index (χ0) is 9.42. The molecule has 1 aliphatic heterocycles. The molecule has 0 saturated heterocycles. The van der Waals surface area contributed by atoms with E-state index in [9.17, 15) is 4.79 Å². The highest BCUT2D eigenvalue weighted by atomic mass is 32.1. The second-order valence-electron chi connectivity index (χ2n) is 3.53. The number of aromatic nitrogens is 1. The van der Waals surface area contributed by atoms with Crippen LogP contribution in [-0.2, 0) is 17.8 Å². The highest BCUT2D eigenvalue weighted by Gasteiger charge is 2.20. The van der Waals surface area contributed by atoms with Crippen molar-refractivity contribution in [3.63, 3.8) is 0 Å². The predicted octanol–water partition coefficient (Wildman–Crippen LogP) is 1.44. The van der Waals surface area contributed by atoms with Crippen LogP contribution in [0.4, 0.5) is 0 Å². The molecule has 2 heterocycles. The fraction of sp³-hybridized carbons (Fsp3) is 0.556. The lowest BCUT2D eigenvalue weighted by atomic mass is 10.2. The smallest absolute Gasteiger partial charge is 0.226 e. The molecule has 70 valence electrons. The first-order chi connectivity index (χ1) is 6.16. The molecule has 0 atom stereocenters. The number of carbonyl (C=O) groups excluding carboxylic acids is 1. The van der Waals surface area contributed by atoms with Gasteiger partial charge in [0.15, 0.2) is 0 Å². The van der Waals surface area contributed by atoms with E-state index in [2.05, 4.69) is 24.1 Å². The summed E-state index contributed by atoms with van der Waals surface area (Å²) in [5, 5.41) is 3.96. The van der Waals surface area contributed by atoms with E-state index in [4.69, 9.17) is 0 Å². The van der Waals surface area contributed by atoms with Gasteiger partial charge in [0.1, 0.15) is 0 Å². The van der Waals surface area contributed by atoms with Crippen LogP contribution in [-0.4, -0.2) is 10.9 Å². The van der Waals surface area contributed by atoms with Gasteiger partial charge < -0.3 is 5.32 Å². The second kappa shape index (κ2) is 3.10. The number of fused-ring (bicyclic) bond motifs is 1. The molecule has 0 aromatic carbocycles. The first-order valence-electron chi connectivity index (χ1n) is 4.42. The van der Waals surface area contributed by atoms with Crippen molar-refractivity contribution in [2.75, 3.05) is 0 Å². The van der Waals surface area contributed by atoms with Gasteiger partial charge in [0.2, 0.25) is 5.91 Å². The summed E-state index contributed by atoms with van der Waals surface area (Å²) in [4.78, 5) is 16.7. The zero-order valence-corrected chi connectivity index (χ0v) is 8.57. The molecule has 0 fully saturated rings. The molecular weight excluding hydrogens is 184 g/mol. The number of thiazole rings is 1. The monoisotopic (exact) mass is 196 g/mol. The Morgan fingerprint density at radius 1 is 1.54 bits per heavy atom. The molecule has 2 rings (SSSR count). The van der Waals surface area contributed by atoms with Crippen LogP contribution in [0.15, 0.2) is 0 Å². The van der Waals surface area contributed by atoms with Gasteiger partial charge in [-0.2, -0.15) is 0 Å². The van der Waals surface area contributed by atoms with Crippen molar-refractivity contribution in [3.05, 3.63) is 15.6 Å². The van der Waals surface area contributed by atoms with Gasteiger partial charge in [-0.1, -0.05) is 13.8 Å². The van der Waals surface area contributed by atoms with Gasteiger partial charge in [0.25, 0.3) is 0 Å². The van der Waals surface area contributed by atoms with Crippen LogP contribution in [0.3, 0.4) is 0 Å². The number of amides is 1. The molecule has 3 nitrogen and oxygen atoms in total. The van der Waals surface area contributed by atoms with Crippen LogP contribution in [0.25, 0.3) is 0 Å². The summed E-state index contributed by atoms with van der Waals surface area (Å²) in [6, 6.07) is 0. The van der Waals surface area contributed by atoms with Crippen LogP contribution in [0, 0.1) is 0 Å². The highest BCUT2D eigenvalue weighted by Crippen LogP contribution is 2.26. The van der Waals surface area contributed by atoms with E-state index < -0.39 is 0 Å². The largest absolute Gasteiger partial charge is 0.351 e. The summed E-state index contributed by atoms with van der Waals surface area (Å²) in [6.07, 6.45) is 0.457. The lowest BCUT2D eigenvalue weighted by Crippen LogP contribution is -2.29. The summed E-state index contributed by atoms with van der Waals surface area (Å²) in [5.41, 5.74) is 0.984. The lowest BCUT2D eigenvalue weighted by molar-refractivity contribution is -0.121. The SMILES string of the molecule is CC(C)c1nc2c(s1)CNC(=O)C2. The van der Waals surface area contributed by atoms with Crippen molar-refractivity contribution >= 4 is 17.2 Å². The molecule has 0 aliphatic carbocycles. The Labute approximate surface area is 81.2 Å². The minimum atomic E-state index is 0.0908. The van der Waals surface area contributed by atoms with Crippen molar-refractivity contribution in [3.8, 4) is 0 Å². The molecule has 4 heteroatoms. The number of hydrogen-bond donors (Lipinski definition) is 1. The Bertz CT molecular complexity index is 343. The quantitative estimate of drug-likeness (QED) is 0.738. The van der Waals surface area contributed by atoms with Crippen LogP contribution >= 0.6 is 11.3 Å². The maximum atomic E-state index is 11.1. The molecule has 0 radical (unpaired) electrons. The molecule has 0 bridgehead atoms. The van der Waals surface area contributed by atoms with E-state index in [1.54, 1.807) is 11.3 Å². The molecule has 1 aromatic rings. The Hall–Kier alpha value is -0.900. The summed E-state index contributed by atoms with van der Waals surface area (Å²) in [5.74, 6) is 0.554. The van der Waals surface area contributed by atoms with Crippen LogP contribution in [0.5, 0.6) is 0 Å². The van der Waals surface area contributed by atoms with Crippen molar-refractivity contribution in [2.45, 2.75) is 32.7 Å². The maximum Gasteiger partial charge on any atom is 0.226 e. The Balaban J connectivity index is 2.33. The summed E-state index contributed by atoms with van der Waals surface area (Å²) < 4.78 is 0. The molecule has 0 unspecified atom stereocenters. The summed E-state index contributed by atoms with van der Waals surface area (Å²) in [7, 11) is 0. The van der Waals surface area contributed by atoms with Crippen LogP contribution in [0.1, 0.15) is 35.3 Å². The van der Waals surface area contributed by atoms with Gasteiger partial charge in [-0.25, -0.2) is 4.98 Å². The normalized spacial score (nSPS) is 15.8. The molecular formula is C9H12N2OS. The average Bonchev–Trinajstić information content (AvgIpc) is 2.46. The van der Waals surface area contributed by atoms with Crippen molar-refractivity contribution in [1.29, 1.82) is 0 Å². The standard InChI is InChI=1S/C9H12N2OS/c1-5(2)9-11-6-3-8(12)10-4-7(6)13-9/h5H,3-4H2,1-2H3,(H,10,12). The fourth-order valence-electron chi connectivity index (χ4n) is 1.32. The second-order valence-corrected chi connectivity index (χ2v) is 4.65. The lowest BCUT2D eigenvalue weighted by Gasteiger charge is -2.09. The molecule has 1 amide bonds.